The quantitative estimate of drug-likeness (QED) is 0.228. The van der Waals surface area contributed by atoms with Crippen molar-refractivity contribution in [1.29, 1.82) is 0 Å². The molecule has 4 nitrogen and oxygen atoms in total. The van der Waals surface area contributed by atoms with E-state index < -0.39 is 15.4 Å². The van der Waals surface area contributed by atoms with E-state index in [1.807, 2.05) is 0 Å². The molecule has 0 N–H and O–H groups in total. The maximum Gasteiger partial charge on any atom is 1.00 e. The minimum atomic E-state index is -4.33. The van der Waals surface area contributed by atoms with Gasteiger partial charge in [0.05, 0.1) is 5.25 Å². The first-order valence-corrected chi connectivity index (χ1v) is 12.6. The van der Waals surface area contributed by atoms with Crippen LogP contribution < -0.4 is 34.3 Å². The van der Waals surface area contributed by atoms with Crippen LogP contribution in [0, 0.1) is 0 Å². The second-order valence-corrected chi connectivity index (χ2v) is 9.64. The average molecular weight is 435 g/mol. The molecule has 0 fully saturated rings. The van der Waals surface area contributed by atoms with E-state index >= 15 is 0 Å². The smallest absolute Gasteiger partial charge is 0.748 e. The molecule has 0 radical (unpaired) electrons. The van der Waals surface area contributed by atoms with Gasteiger partial charge in [0.1, 0.15) is 22.5 Å². The molecular weight excluding hydrogens is 395 g/mol. The summed E-state index contributed by atoms with van der Waals surface area (Å²) in [7, 11) is -4.33. The van der Waals surface area contributed by atoms with E-state index in [0.29, 0.717) is 0 Å². The van der Waals surface area contributed by atoms with Gasteiger partial charge in [-0.1, -0.05) is 83.4 Å². The molecule has 0 saturated carbocycles. The first kappa shape index (κ1) is 28.9. The molecule has 162 valence electrons. The monoisotopic (exact) mass is 434 g/mol. The molecule has 0 aliphatic carbocycles. The molecule has 0 saturated heterocycles. The van der Waals surface area contributed by atoms with Gasteiger partial charge in [-0.25, -0.2) is 8.42 Å². The van der Waals surface area contributed by atoms with Gasteiger partial charge in [0, 0.05) is 0 Å². The van der Waals surface area contributed by atoms with Crippen molar-refractivity contribution < 1.29 is 47.3 Å². The van der Waals surface area contributed by atoms with Gasteiger partial charge in [0.2, 0.25) is 0 Å². The number of benzene rings is 1. The van der Waals surface area contributed by atoms with Crippen molar-refractivity contribution in [2.45, 2.75) is 103 Å². The van der Waals surface area contributed by atoms with Crippen molar-refractivity contribution in [2.24, 2.45) is 0 Å². The number of hydrogen-bond donors (Lipinski definition) is 0. The standard InChI is InChI=1S/C23H40O4S.Na/c1-4-6-8-10-12-15-21-17-14-18-22(16-13-11-9-7-5-2)23(21)27-19-20(3)28(24,25)26;/h14,17-18,20H,4-13,15-16,19H2,1-3H3,(H,24,25,26);/q;+1/p-1. The van der Waals surface area contributed by atoms with Crippen molar-refractivity contribution in [3.05, 3.63) is 29.3 Å². The molecule has 1 rings (SSSR count). The molecule has 29 heavy (non-hydrogen) atoms. The maximum atomic E-state index is 11.2. The number of aryl methyl sites for hydroxylation is 2. The summed E-state index contributed by atoms with van der Waals surface area (Å²) >= 11 is 0. The van der Waals surface area contributed by atoms with Crippen molar-refractivity contribution in [2.75, 3.05) is 6.61 Å². The van der Waals surface area contributed by atoms with E-state index in [9.17, 15) is 13.0 Å². The third-order valence-electron chi connectivity index (χ3n) is 5.23. The molecule has 1 aromatic rings. The van der Waals surface area contributed by atoms with Gasteiger partial charge in [0.25, 0.3) is 0 Å². The summed E-state index contributed by atoms with van der Waals surface area (Å²) in [6, 6.07) is 6.22. The van der Waals surface area contributed by atoms with Crippen LogP contribution in [-0.2, 0) is 23.0 Å². The van der Waals surface area contributed by atoms with Crippen molar-refractivity contribution >= 4 is 10.1 Å². The van der Waals surface area contributed by atoms with Gasteiger partial charge in [-0.05, 0) is 43.7 Å². The largest absolute Gasteiger partial charge is 1.00 e. The van der Waals surface area contributed by atoms with E-state index in [2.05, 4.69) is 32.0 Å². The van der Waals surface area contributed by atoms with Crippen molar-refractivity contribution in [3.63, 3.8) is 0 Å². The summed E-state index contributed by atoms with van der Waals surface area (Å²) in [4.78, 5) is 0. The Morgan fingerprint density at radius 1 is 0.862 bits per heavy atom. The Kier molecular flexibility index (Phi) is 16.6. The molecule has 0 aliphatic rings. The van der Waals surface area contributed by atoms with Gasteiger partial charge >= 0.3 is 29.6 Å². The van der Waals surface area contributed by atoms with Crippen LogP contribution in [0.2, 0.25) is 0 Å². The van der Waals surface area contributed by atoms with Gasteiger partial charge in [-0.2, -0.15) is 0 Å². The van der Waals surface area contributed by atoms with Crippen LogP contribution in [0.4, 0.5) is 0 Å². The number of rotatable bonds is 16. The van der Waals surface area contributed by atoms with E-state index in [0.717, 1.165) is 42.6 Å². The molecule has 0 amide bonds. The van der Waals surface area contributed by atoms with Crippen LogP contribution in [0.25, 0.3) is 0 Å². The molecular formula is C23H39NaO4S. The predicted octanol–water partition coefficient (Wildman–Crippen LogP) is 3.03. The first-order valence-electron chi connectivity index (χ1n) is 11.1. The second kappa shape index (κ2) is 16.6. The van der Waals surface area contributed by atoms with Crippen LogP contribution >= 0.6 is 0 Å². The number of hydrogen-bond acceptors (Lipinski definition) is 4. The first-order chi connectivity index (χ1) is 13.4. The average Bonchev–Trinajstić information content (AvgIpc) is 2.65. The second-order valence-electron chi connectivity index (χ2n) is 7.85. The van der Waals surface area contributed by atoms with Crippen LogP contribution in [0.15, 0.2) is 18.2 Å². The zero-order valence-corrected chi connectivity index (χ0v) is 21.9. The SMILES string of the molecule is CCCCCCCc1cccc(CCCCCCC)c1OCC(C)S(=O)(=O)[O-].[Na+]. The molecule has 0 aromatic heterocycles. The summed E-state index contributed by atoms with van der Waals surface area (Å²) in [5.74, 6) is 0.809. The molecule has 0 heterocycles. The Hall–Kier alpha value is -0.0700. The summed E-state index contributed by atoms with van der Waals surface area (Å²) in [5, 5.41) is -1.04. The van der Waals surface area contributed by atoms with Gasteiger partial charge < -0.3 is 9.29 Å². The number of para-hydroxylation sites is 1. The molecule has 0 bridgehead atoms. The Bertz CT molecular complexity index is 614. The van der Waals surface area contributed by atoms with Gasteiger partial charge in [-0.15, -0.1) is 0 Å². The topological polar surface area (TPSA) is 66.4 Å². The molecule has 1 unspecified atom stereocenters. The molecule has 1 atom stereocenters. The molecule has 6 heteroatoms. The fraction of sp³-hybridized carbons (Fsp3) is 0.739. The fourth-order valence-corrected chi connectivity index (χ4v) is 3.57. The minimum absolute atomic E-state index is 0. The zero-order valence-electron chi connectivity index (χ0n) is 19.0. The summed E-state index contributed by atoms with van der Waals surface area (Å²) < 4.78 is 39.6. The Morgan fingerprint density at radius 3 is 1.72 bits per heavy atom. The summed E-state index contributed by atoms with van der Waals surface area (Å²) in [6.07, 6.45) is 13.9. The predicted molar refractivity (Wildman–Crippen MR) is 116 cm³/mol. The number of ether oxygens (including phenoxy) is 1. The Morgan fingerprint density at radius 2 is 1.31 bits per heavy atom. The van der Waals surface area contributed by atoms with Crippen molar-refractivity contribution in [1.82, 2.24) is 0 Å². The van der Waals surface area contributed by atoms with E-state index in [1.54, 1.807) is 0 Å². The van der Waals surface area contributed by atoms with Crippen LogP contribution in [0.1, 0.15) is 96.1 Å². The Labute approximate surface area is 201 Å². The van der Waals surface area contributed by atoms with Crippen LogP contribution in [-0.4, -0.2) is 24.8 Å². The third kappa shape index (κ3) is 12.4. The van der Waals surface area contributed by atoms with E-state index in [1.165, 1.54) is 58.3 Å². The number of unbranched alkanes of at least 4 members (excludes halogenated alkanes) is 8. The van der Waals surface area contributed by atoms with Crippen LogP contribution in [0.5, 0.6) is 5.75 Å². The zero-order chi connectivity index (χ0) is 20.8. The van der Waals surface area contributed by atoms with Gasteiger partial charge in [0.15, 0.2) is 0 Å². The minimum Gasteiger partial charge on any atom is -0.748 e. The third-order valence-corrected chi connectivity index (χ3v) is 6.35. The summed E-state index contributed by atoms with van der Waals surface area (Å²) in [6.45, 7) is 5.75. The van der Waals surface area contributed by atoms with E-state index in [-0.39, 0.29) is 36.2 Å². The maximum absolute atomic E-state index is 11.2. The molecule has 0 spiro atoms. The molecule has 1 aromatic carbocycles. The van der Waals surface area contributed by atoms with Gasteiger partial charge in [-0.3, -0.25) is 0 Å². The molecule has 0 aliphatic heterocycles. The van der Waals surface area contributed by atoms with Crippen molar-refractivity contribution in [3.8, 4) is 5.75 Å². The van der Waals surface area contributed by atoms with Crippen LogP contribution in [0.3, 0.4) is 0 Å². The fourth-order valence-electron chi connectivity index (χ4n) is 3.34. The Balaban J connectivity index is 0.00000784. The van der Waals surface area contributed by atoms with E-state index in [4.69, 9.17) is 4.74 Å². The summed E-state index contributed by atoms with van der Waals surface area (Å²) in [5.41, 5.74) is 2.27. The normalized spacial score (nSPS) is 12.4.